The molecule has 23 heavy (non-hydrogen) atoms. The Hall–Kier alpha value is -2.49. The Morgan fingerprint density at radius 1 is 1.13 bits per heavy atom. The van der Waals surface area contributed by atoms with Crippen LogP contribution in [0.15, 0.2) is 42.5 Å². The molecule has 2 aromatic carbocycles. The van der Waals surface area contributed by atoms with E-state index in [4.69, 9.17) is 4.74 Å². The Kier molecular flexibility index (Phi) is 5.63. The first-order chi connectivity index (χ1) is 11.0. The van der Waals surface area contributed by atoms with Crippen LogP contribution < -0.4 is 15.0 Å². The Bertz CT molecular complexity index is 664. The molecule has 0 aliphatic carbocycles. The van der Waals surface area contributed by atoms with Crippen molar-refractivity contribution in [2.75, 3.05) is 25.6 Å². The van der Waals surface area contributed by atoms with Gasteiger partial charge in [0.1, 0.15) is 5.75 Å². The highest BCUT2D eigenvalue weighted by molar-refractivity contribution is 5.94. The molecule has 0 aliphatic heterocycles. The van der Waals surface area contributed by atoms with Crippen molar-refractivity contribution >= 4 is 11.6 Å². The van der Waals surface area contributed by atoms with Gasteiger partial charge in [0.25, 0.3) is 5.91 Å². The van der Waals surface area contributed by atoms with Crippen molar-refractivity contribution in [3.05, 3.63) is 59.2 Å². The molecule has 2 aromatic rings. The van der Waals surface area contributed by atoms with Crippen LogP contribution >= 0.6 is 0 Å². The minimum Gasteiger partial charge on any atom is -0.494 e. The van der Waals surface area contributed by atoms with E-state index in [9.17, 15) is 4.79 Å². The highest BCUT2D eigenvalue weighted by Crippen LogP contribution is 2.19. The van der Waals surface area contributed by atoms with Crippen LogP contribution in [0.4, 0.5) is 5.69 Å². The van der Waals surface area contributed by atoms with Gasteiger partial charge in [0.2, 0.25) is 0 Å². The lowest BCUT2D eigenvalue weighted by Gasteiger charge is -2.13. The van der Waals surface area contributed by atoms with E-state index in [1.165, 1.54) is 0 Å². The summed E-state index contributed by atoms with van der Waals surface area (Å²) < 4.78 is 5.50. The zero-order chi connectivity index (χ0) is 16.8. The van der Waals surface area contributed by atoms with Gasteiger partial charge in [0, 0.05) is 31.9 Å². The second-order valence-electron chi connectivity index (χ2n) is 5.66. The lowest BCUT2D eigenvalue weighted by Crippen LogP contribution is -2.22. The van der Waals surface area contributed by atoms with Gasteiger partial charge in [-0.2, -0.15) is 0 Å². The van der Waals surface area contributed by atoms with Crippen LogP contribution in [0.5, 0.6) is 5.75 Å². The van der Waals surface area contributed by atoms with E-state index in [0.717, 1.165) is 22.6 Å². The fourth-order valence-corrected chi connectivity index (χ4v) is 2.30. The number of amides is 1. The van der Waals surface area contributed by atoms with Crippen molar-refractivity contribution in [3.8, 4) is 5.75 Å². The topological polar surface area (TPSA) is 41.6 Å². The Labute approximate surface area is 138 Å². The molecule has 0 saturated carbocycles. The van der Waals surface area contributed by atoms with Gasteiger partial charge in [-0.1, -0.05) is 12.1 Å². The zero-order valence-electron chi connectivity index (χ0n) is 14.2. The Balaban J connectivity index is 1.98. The molecule has 0 spiro atoms. The number of carbonyl (C=O) groups excluding carboxylic acids is 1. The van der Waals surface area contributed by atoms with E-state index in [2.05, 4.69) is 5.32 Å². The van der Waals surface area contributed by atoms with Gasteiger partial charge in [-0.25, -0.2) is 0 Å². The third-order valence-electron chi connectivity index (χ3n) is 3.64. The third kappa shape index (κ3) is 4.49. The lowest BCUT2D eigenvalue weighted by molar-refractivity contribution is 0.0951. The van der Waals surface area contributed by atoms with Gasteiger partial charge >= 0.3 is 0 Å². The number of anilines is 1. The summed E-state index contributed by atoms with van der Waals surface area (Å²) >= 11 is 0. The van der Waals surface area contributed by atoms with Gasteiger partial charge in [-0.05, 0) is 55.3 Å². The summed E-state index contributed by atoms with van der Waals surface area (Å²) in [7, 11) is 4.01. The first-order valence-corrected chi connectivity index (χ1v) is 7.79. The number of nitrogens with zero attached hydrogens (tertiary/aromatic N) is 1. The van der Waals surface area contributed by atoms with Crippen LogP contribution in [-0.4, -0.2) is 26.6 Å². The van der Waals surface area contributed by atoms with Crippen LogP contribution in [0.1, 0.15) is 28.4 Å². The first kappa shape index (κ1) is 16.9. The summed E-state index contributed by atoms with van der Waals surface area (Å²) in [6.07, 6.45) is 0. The van der Waals surface area contributed by atoms with E-state index in [1.54, 1.807) is 6.07 Å². The maximum absolute atomic E-state index is 12.3. The molecule has 122 valence electrons. The van der Waals surface area contributed by atoms with Gasteiger partial charge in [-0.15, -0.1) is 0 Å². The van der Waals surface area contributed by atoms with E-state index >= 15 is 0 Å². The van der Waals surface area contributed by atoms with Crippen molar-refractivity contribution in [2.45, 2.75) is 20.4 Å². The molecule has 1 amide bonds. The molecule has 0 saturated heterocycles. The molecule has 4 heteroatoms. The first-order valence-electron chi connectivity index (χ1n) is 7.79. The number of aryl methyl sites for hydroxylation is 1. The SMILES string of the molecule is CCOc1ccc(C(=O)NCc2ccc(N(C)C)cc2)cc1C. The van der Waals surface area contributed by atoms with Gasteiger partial charge in [0.15, 0.2) is 0 Å². The third-order valence-corrected chi connectivity index (χ3v) is 3.64. The highest BCUT2D eigenvalue weighted by atomic mass is 16.5. The standard InChI is InChI=1S/C19H24N2O2/c1-5-23-18-11-8-16(12-14(18)2)19(22)20-13-15-6-9-17(10-7-15)21(3)4/h6-12H,5,13H2,1-4H3,(H,20,22). The zero-order valence-corrected chi connectivity index (χ0v) is 14.2. The molecule has 0 atom stereocenters. The number of benzene rings is 2. The van der Waals surface area contributed by atoms with Crippen LogP contribution in [0.3, 0.4) is 0 Å². The number of ether oxygens (including phenoxy) is 1. The monoisotopic (exact) mass is 312 g/mol. The van der Waals surface area contributed by atoms with Gasteiger partial charge in [0.05, 0.1) is 6.61 Å². The summed E-state index contributed by atoms with van der Waals surface area (Å²) in [5.74, 6) is 0.746. The second kappa shape index (κ2) is 7.68. The number of rotatable bonds is 6. The maximum atomic E-state index is 12.3. The fourth-order valence-electron chi connectivity index (χ4n) is 2.30. The normalized spacial score (nSPS) is 10.3. The van der Waals surface area contributed by atoms with Crippen LogP contribution in [0.2, 0.25) is 0 Å². The average Bonchev–Trinajstić information content (AvgIpc) is 2.55. The van der Waals surface area contributed by atoms with Crippen molar-refractivity contribution in [2.24, 2.45) is 0 Å². The lowest BCUT2D eigenvalue weighted by atomic mass is 10.1. The molecular weight excluding hydrogens is 288 g/mol. The number of hydrogen-bond donors (Lipinski definition) is 1. The Morgan fingerprint density at radius 2 is 1.83 bits per heavy atom. The Morgan fingerprint density at radius 3 is 2.39 bits per heavy atom. The molecule has 0 aromatic heterocycles. The summed E-state index contributed by atoms with van der Waals surface area (Å²) in [5, 5.41) is 2.95. The molecule has 1 N–H and O–H groups in total. The van der Waals surface area contributed by atoms with E-state index < -0.39 is 0 Å². The second-order valence-corrected chi connectivity index (χ2v) is 5.66. The maximum Gasteiger partial charge on any atom is 0.251 e. The van der Waals surface area contributed by atoms with Gasteiger partial charge in [-0.3, -0.25) is 4.79 Å². The van der Waals surface area contributed by atoms with Crippen molar-refractivity contribution in [1.29, 1.82) is 0 Å². The molecule has 0 aliphatic rings. The quantitative estimate of drug-likeness (QED) is 0.889. The molecule has 0 radical (unpaired) electrons. The number of hydrogen-bond acceptors (Lipinski definition) is 3. The minimum absolute atomic E-state index is 0.0761. The molecule has 2 rings (SSSR count). The average molecular weight is 312 g/mol. The summed E-state index contributed by atoms with van der Waals surface area (Å²) in [6.45, 7) is 5.03. The summed E-state index contributed by atoms with van der Waals surface area (Å²) in [5.41, 5.74) is 3.83. The number of carbonyl (C=O) groups is 1. The molecule has 4 nitrogen and oxygen atoms in total. The fraction of sp³-hybridized carbons (Fsp3) is 0.316. The van der Waals surface area contributed by atoms with Crippen molar-refractivity contribution < 1.29 is 9.53 Å². The molecular formula is C19H24N2O2. The summed E-state index contributed by atoms with van der Waals surface area (Å²) in [6, 6.07) is 13.6. The van der Waals surface area contributed by atoms with E-state index in [0.29, 0.717) is 18.7 Å². The van der Waals surface area contributed by atoms with E-state index in [1.807, 2.05) is 69.2 Å². The van der Waals surface area contributed by atoms with Gasteiger partial charge < -0.3 is 15.0 Å². The molecule has 0 unspecified atom stereocenters. The molecule has 0 bridgehead atoms. The highest BCUT2D eigenvalue weighted by Gasteiger charge is 2.08. The smallest absolute Gasteiger partial charge is 0.251 e. The van der Waals surface area contributed by atoms with E-state index in [-0.39, 0.29) is 5.91 Å². The summed E-state index contributed by atoms with van der Waals surface area (Å²) in [4.78, 5) is 14.3. The number of nitrogens with one attached hydrogen (secondary N) is 1. The van der Waals surface area contributed by atoms with Crippen molar-refractivity contribution in [1.82, 2.24) is 5.32 Å². The molecule has 0 fully saturated rings. The predicted molar refractivity (Wildman–Crippen MR) is 94.3 cm³/mol. The van der Waals surface area contributed by atoms with Crippen molar-refractivity contribution in [3.63, 3.8) is 0 Å². The predicted octanol–water partition coefficient (Wildman–Crippen LogP) is 3.39. The van der Waals surface area contributed by atoms with Crippen LogP contribution in [0.25, 0.3) is 0 Å². The van der Waals surface area contributed by atoms with Crippen LogP contribution in [0, 0.1) is 6.92 Å². The largest absolute Gasteiger partial charge is 0.494 e. The minimum atomic E-state index is -0.0761. The molecule has 0 heterocycles. The van der Waals surface area contributed by atoms with Crippen LogP contribution in [-0.2, 0) is 6.54 Å².